The Morgan fingerprint density at radius 3 is 2.57 bits per heavy atom. The highest BCUT2D eigenvalue weighted by atomic mass is 19.3. The quantitative estimate of drug-likeness (QED) is 0.660. The van der Waals surface area contributed by atoms with Crippen LogP contribution in [-0.4, -0.2) is 12.5 Å². The van der Waals surface area contributed by atoms with E-state index in [0.717, 1.165) is 18.2 Å². The SMILES string of the molecule is O=C(/C=C/c1ccccc1OC(F)F)Nc1ccc(F)cc1F. The maximum Gasteiger partial charge on any atom is 0.387 e. The van der Waals surface area contributed by atoms with Crippen LogP contribution >= 0.6 is 0 Å². The highest BCUT2D eigenvalue weighted by molar-refractivity contribution is 6.02. The number of hydrogen-bond donors (Lipinski definition) is 1. The second kappa shape index (κ2) is 7.44. The van der Waals surface area contributed by atoms with E-state index in [-0.39, 0.29) is 17.0 Å². The fourth-order valence-electron chi connectivity index (χ4n) is 1.75. The average molecular weight is 325 g/mol. The van der Waals surface area contributed by atoms with Crippen molar-refractivity contribution in [3.05, 3.63) is 65.7 Å². The Morgan fingerprint density at radius 2 is 1.87 bits per heavy atom. The second-order valence-corrected chi connectivity index (χ2v) is 4.36. The number of anilines is 1. The van der Waals surface area contributed by atoms with E-state index in [1.54, 1.807) is 6.07 Å². The number of nitrogens with one attached hydrogen (secondary N) is 1. The zero-order valence-corrected chi connectivity index (χ0v) is 11.6. The molecule has 3 nitrogen and oxygen atoms in total. The van der Waals surface area contributed by atoms with Crippen molar-refractivity contribution in [3.8, 4) is 5.75 Å². The summed E-state index contributed by atoms with van der Waals surface area (Å²) < 4.78 is 55.0. The van der Waals surface area contributed by atoms with E-state index in [9.17, 15) is 22.4 Å². The first kappa shape index (κ1) is 16.5. The highest BCUT2D eigenvalue weighted by Gasteiger charge is 2.08. The van der Waals surface area contributed by atoms with Crippen molar-refractivity contribution in [2.24, 2.45) is 0 Å². The van der Waals surface area contributed by atoms with Crippen molar-refractivity contribution in [2.75, 3.05) is 5.32 Å². The summed E-state index contributed by atoms with van der Waals surface area (Å²) >= 11 is 0. The number of ether oxygens (including phenoxy) is 1. The van der Waals surface area contributed by atoms with Crippen LogP contribution < -0.4 is 10.1 Å². The Balaban J connectivity index is 2.09. The van der Waals surface area contributed by atoms with Crippen LogP contribution in [0, 0.1) is 11.6 Å². The van der Waals surface area contributed by atoms with Crippen LogP contribution in [0.5, 0.6) is 5.75 Å². The Kier molecular flexibility index (Phi) is 5.35. The zero-order valence-electron chi connectivity index (χ0n) is 11.6. The number of amides is 1. The molecule has 0 atom stereocenters. The Hall–Kier alpha value is -2.83. The van der Waals surface area contributed by atoms with Gasteiger partial charge in [0.25, 0.3) is 0 Å². The van der Waals surface area contributed by atoms with Gasteiger partial charge in [-0.05, 0) is 24.3 Å². The normalized spacial score (nSPS) is 11.0. The average Bonchev–Trinajstić information content (AvgIpc) is 2.49. The summed E-state index contributed by atoms with van der Waals surface area (Å²) in [7, 11) is 0. The van der Waals surface area contributed by atoms with Crippen molar-refractivity contribution in [1.29, 1.82) is 0 Å². The van der Waals surface area contributed by atoms with E-state index < -0.39 is 24.2 Å². The first-order valence-electron chi connectivity index (χ1n) is 6.43. The molecule has 1 amide bonds. The van der Waals surface area contributed by atoms with Crippen LogP contribution in [0.3, 0.4) is 0 Å². The molecule has 2 aromatic rings. The summed E-state index contributed by atoms with van der Waals surface area (Å²) in [5, 5.41) is 2.21. The van der Waals surface area contributed by atoms with Gasteiger partial charge in [0.15, 0.2) is 0 Å². The second-order valence-electron chi connectivity index (χ2n) is 4.36. The molecule has 0 aliphatic heterocycles. The third-order valence-electron chi connectivity index (χ3n) is 2.74. The summed E-state index contributed by atoms with van der Waals surface area (Å²) in [5.74, 6) is -2.50. The minimum atomic E-state index is -2.99. The minimum Gasteiger partial charge on any atom is -0.434 e. The van der Waals surface area contributed by atoms with E-state index in [4.69, 9.17) is 0 Å². The van der Waals surface area contributed by atoms with Crippen LogP contribution in [0.1, 0.15) is 5.56 Å². The fourth-order valence-corrected chi connectivity index (χ4v) is 1.75. The zero-order chi connectivity index (χ0) is 16.8. The summed E-state index contributed by atoms with van der Waals surface area (Å²) in [6.45, 7) is -2.99. The van der Waals surface area contributed by atoms with Gasteiger partial charge in [0.2, 0.25) is 5.91 Å². The molecule has 0 radical (unpaired) electrons. The number of carbonyl (C=O) groups excluding carboxylic acids is 1. The van der Waals surface area contributed by atoms with Crippen LogP contribution in [0.15, 0.2) is 48.5 Å². The summed E-state index contributed by atoms with van der Waals surface area (Å²) in [4.78, 5) is 11.7. The number of carbonyl (C=O) groups is 1. The van der Waals surface area contributed by atoms with E-state index in [2.05, 4.69) is 10.1 Å². The maximum atomic E-state index is 13.4. The Bertz CT molecular complexity index is 732. The molecule has 0 aliphatic rings. The van der Waals surface area contributed by atoms with Gasteiger partial charge < -0.3 is 10.1 Å². The smallest absolute Gasteiger partial charge is 0.387 e. The predicted octanol–water partition coefficient (Wildman–Crippen LogP) is 4.22. The number of alkyl halides is 2. The Labute approximate surface area is 129 Å². The van der Waals surface area contributed by atoms with Crippen LogP contribution in [0.4, 0.5) is 23.2 Å². The third-order valence-corrected chi connectivity index (χ3v) is 2.74. The summed E-state index contributed by atoms with van der Waals surface area (Å²) in [6, 6.07) is 8.57. The fraction of sp³-hybridized carbons (Fsp3) is 0.0625. The molecule has 0 bridgehead atoms. The lowest BCUT2D eigenvalue weighted by atomic mass is 10.2. The topological polar surface area (TPSA) is 38.3 Å². The molecule has 0 aromatic heterocycles. The third kappa shape index (κ3) is 4.84. The van der Waals surface area contributed by atoms with Crippen molar-refractivity contribution in [3.63, 3.8) is 0 Å². The van der Waals surface area contributed by atoms with Crippen LogP contribution in [0.25, 0.3) is 6.08 Å². The summed E-state index contributed by atoms with van der Waals surface area (Å²) in [5.41, 5.74) is 0.0562. The van der Waals surface area contributed by atoms with Gasteiger partial charge in [0.05, 0.1) is 5.69 Å². The molecule has 0 saturated heterocycles. The lowest BCUT2D eigenvalue weighted by molar-refractivity contribution is -0.111. The minimum absolute atomic E-state index is 0.0977. The molecule has 7 heteroatoms. The van der Waals surface area contributed by atoms with Gasteiger partial charge in [0, 0.05) is 17.7 Å². The van der Waals surface area contributed by atoms with Crippen molar-refractivity contribution in [2.45, 2.75) is 6.61 Å². The molecule has 0 aliphatic carbocycles. The maximum absolute atomic E-state index is 13.4. The Morgan fingerprint density at radius 1 is 1.13 bits per heavy atom. The molecule has 0 fully saturated rings. The predicted molar refractivity (Wildman–Crippen MR) is 77.1 cm³/mol. The number of para-hydroxylation sites is 1. The van der Waals surface area contributed by atoms with E-state index >= 15 is 0 Å². The van der Waals surface area contributed by atoms with E-state index in [0.29, 0.717) is 6.07 Å². The summed E-state index contributed by atoms with van der Waals surface area (Å²) in [6.07, 6.45) is 2.27. The molecule has 120 valence electrons. The number of halogens is 4. The standard InChI is InChI=1S/C16H11F4NO2/c17-11-6-7-13(12(18)9-11)21-15(22)8-5-10-3-1-2-4-14(10)23-16(19)20/h1-9,16H,(H,21,22)/b8-5+. The van der Waals surface area contributed by atoms with Gasteiger partial charge in [0.1, 0.15) is 17.4 Å². The molecule has 0 saturated carbocycles. The molecule has 23 heavy (non-hydrogen) atoms. The molecule has 0 unspecified atom stereocenters. The molecule has 0 heterocycles. The van der Waals surface area contributed by atoms with E-state index in [1.165, 1.54) is 24.3 Å². The van der Waals surface area contributed by atoms with Gasteiger partial charge in [-0.3, -0.25) is 4.79 Å². The van der Waals surface area contributed by atoms with Crippen LogP contribution in [0.2, 0.25) is 0 Å². The van der Waals surface area contributed by atoms with Gasteiger partial charge in [-0.15, -0.1) is 0 Å². The van der Waals surface area contributed by atoms with Gasteiger partial charge in [-0.2, -0.15) is 8.78 Å². The first-order valence-corrected chi connectivity index (χ1v) is 6.43. The van der Waals surface area contributed by atoms with Crippen molar-refractivity contribution < 1.29 is 27.1 Å². The molecule has 1 N–H and O–H groups in total. The lowest BCUT2D eigenvalue weighted by Crippen LogP contribution is -2.09. The number of rotatable bonds is 5. The van der Waals surface area contributed by atoms with Crippen molar-refractivity contribution in [1.82, 2.24) is 0 Å². The van der Waals surface area contributed by atoms with Gasteiger partial charge in [-0.25, -0.2) is 8.78 Å². The molecular formula is C16H11F4NO2. The van der Waals surface area contributed by atoms with E-state index in [1.807, 2.05) is 0 Å². The molecule has 2 rings (SSSR count). The van der Waals surface area contributed by atoms with Crippen molar-refractivity contribution >= 4 is 17.7 Å². The number of hydrogen-bond acceptors (Lipinski definition) is 2. The van der Waals surface area contributed by atoms with Crippen LogP contribution in [-0.2, 0) is 4.79 Å². The highest BCUT2D eigenvalue weighted by Crippen LogP contribution is 2.21. The van der Waals surface area contributed by atoms with Gasteiger partial charge >= 0.3 is 6.61 Å². The molecular weight excluding hydrogens is 314 g/mol. The number of benzene rings is 2. The van der Waals surface area contributed by atoms with Gasteiger partial charge in [-0.1, -0.05) is 18.2 Å². The lowest BCUT2D eigenvalue weighted by Gasteiger charge is -2.07. The monoisotopic (exact) mass is 325 g/mol. The first-order chi connectivity index (χ1) is 11.0. The largest absolute Gasteiger partial charge is 0.434 e. The molecule has 0 spiro atoms. The molecule has 2 aromatic carbocycles.